The number of nitrogens with zero attached hydrogens (tertiary/aromatic N) is 2. The van der Waals surface area contributed by atoms with E-state index in [-0.39, 0.29) is 17.7 Å². The van der Waals surface area contributed by atoms with E-state index in [1.807, 2.05) is 0 Å². The second-order valence-electron chi connectivity index (χ2n) is 6.67. The van der Waals surface area contributed by atoms with Crippen LogP contribution in [0.4, 0.5) is 5.13 Å². The van der Waals surface area contributed by atoms with Crippen LogP contribution in [0.1, 0.15) is 33.8 Å². The highest BCUT2D eigenvalue weighted by Gasteiger charge is 2.31. The lowest BCUT2D eigenvalue weighted by molar-refractivity contribution is -0.117. The van der Waals surface area contributed by atoms with Gasteiger partial charge in [-0.2, -0.15) is 0 Å². The molecule has 0 saturated heterocycles. The largest absolute Gasteiger partial charge is 0.493 e. The van der Waals surface area contributed by atoms with Crippen molar-refractivity contribution < 1.29 is 19.1 Å². The predicted octanol–water partition coefficient (Wildman–Crippen LogP) is 2.71. The Labute approximate surface area is 161 Å². The number of nitrogens with one attached hydrogen (secondary N) is 1. The standard InChI is InChI=1S/C19H21N3O4S/c1-25-14-5-3-4-12(16(14)26-2)18(24)22-9-8-13-15(10-22)27-19(20-13)21-17(23)11-6-7-11/h3-5,11H,6-10H2,1-2H3,(H,20,21,23). The van der Waals surface area contributed by atoms with Crippen LogP contribution in [0.5, 0.6) is 11.5 Å². The van der Waals surface area contributed by atoms with Gasteiger partial charge in [-0.25, -0.2) is 4.98 Å². The third-order valence-corrected chi connectivity index (χ3v) is 5.83. The van der Waals surface area contributed by atoms with E-state index in [1.54, 1.807) is 30.2 Å². The van der Waals surface area contributed by atoms with Crippen LogP contribution in [0, 0.1) is 5.92 Å². The summed E-state index contributed by atoms with van der Waals surface area (Å²) in [6.07, 6.45) is 2.59. The molecule has 1 fully saturated rings. The Morgan fingerprint density at radius 3 is 2.78 bits per heavy atom. The SMILES string of the molecule is COc1cccc(C(=O)N2CCc3nc(NC(=O)C4CC4)sc3C2)c1OC. The number of carbonyl (C=O) groups excluding carboxylic acids is 2. The Balaban J connectivity index is 1.51. The van der Waals surface area contributed by atoms with Gasteiger partial charge in [-0.3, -0.25) is 9.59 Å². The van der Waals surface area contributed by atoms with Gasteiger partial charge in [0.15, 0.2) is 16.6 Å². The smallest absolute Gasteiger partial charge is 0.258 e. The van der Waals surface area contributed by atoms with E-state index < -0.39 is 0 Å². The minimum atomic E-state index is -0.103. The van der Waals surface area contributed by atoms with Gasteiger partial charge in [0.05, 0.1) is 32.0 Å². The summed E-state index contributed by atoms with van der Waals surface area (Å²) in [6.45, 7) is 1.05. The number of thiazole rings is 1. The average Bonchev–Trinajstić information content (AvgIpc) is 3.46. The van der Waals surface area contributed by atoms with E-state index in [4.69, 9.17) is 9.47 Å². The second-order valence-corrected chi connectivity index (χ2v) is 7.75. The number of para-hydroxylation sites is 1. The van der Waals surface area contributed by atoms with Crippen LogP contribution in [0.3, 0.4) is 0 Å². The molecule has 1 aromatic heterocycles. The van der Waals surface area contributed by atoms with E-state index in [9.17, 15) is 9.59 Å². The molecule has 2 heterocycles. The fourth-order valence-corrected chi connectivity index (χ4v) is 4.23. The van der Waals surface area contributed by atoms with Gasteiger partial charge in [-0.1, -0.05) is 17.4 Å². The number of carbonyl (C=O) groups is 2. The normalized spacial score (nSPS) is 15.9. The summed E-state index contributed by atoms with van der Waals surface area (Å²) in [5, 5.41) is 3.53. The Morgan fingerprint density at radius 1 is 1.26 bits per heavy atom. The van der Waals surface area contributed by atoms with E-state index >= 15 is 0 Å². The molecular weight excluding hydrogens is 366 g/mol. The van der Waals surface area contributed by atoms with Gasteiger partial charge in [0, 0.05) is 23.8 Å². The molecule has 0 radical (unpaired) electrons. The van der Waals surface area contributed by atoms with E-state index in [2.05, 4.69) is 10.3 Å². The summed E-state index contributed by atoms with van der Waals surface area (Å²) in [5.74, 6) is 1.06. The highest BCUT2D eigenvalue weighted by atomic mass is 32.1. The molecule has 1 saturated carbocycles. The van der Waals surface area contributed by atoms with Crippen LogP contribution in [0.2, 0.25) is 0 Å². The topological polar surface area (TPSA) is 80.8 Å². The van der Waals surface area contributed by atoms with Crippen molar-refractivity contribution >= 4 is 28.3 Å². The lowest BCUT2D eigenvalue weighted by Crippen LogP contribution is -2.35. The molecule has 0 spiro atoms. The minimum absolute atomic E-state index is 0.0511. The summed E-state index contributed by atoms with van der Waals surface area (Å²) in [7, 11) is 3.08. The van der Waals surface area contributed by atoms with Crippen molar-refractivity contribution in [3.8, 4) is 11.5 Å². The van der Waals surface area contributed by atoms with Gasteiger partial charge in [0.25, 0.3) is 5.91 Å². The molecule has 4 rings (SSSR count). The van der Waals surface area contributed by atoms with Crippen LogP contribution < -0.4 is 14.8 Å². The molecule has 8 heteroatoms. The van der Waals surface area contributed by atoms with Gasteiger partial charge in [0.1, 0.15) is 0 Å². The summed E-state index contributed by atoms with van der Waals surface area (Å²) in [5.41, 5.74) is 1.44. The van der Waals surface area contributed by atoms with Gasteiger partial charge in [0.2, 0.25) is 5.91 Å². The molecule has 2 aliphatic rings. The maximum absolute atomic E-state index is 13.0. The first-order chi connectivity index (χ1) is 13.1. The molecule has 27 heavy (non-hydrogen) atoms. The number of hydrogen-bond donors (Lipinski definition) is 1. The third-order valence-electron chi connectivity index (χ3n) is 4.83. The van der Waals surface area contributed by atoms with Gasteiger partial charge in [-0.15, -0.1) is 0 Å². The minimum Gasteiger partial charge on any atom is -0.493 e. The number of benzene rings is 1. The first-order valence-corrected chi connectivity index (χ1v) is 9.72. The maximum Gasteiger partial charge on any atom is 0.258 e. The summed E-state index contributed by atoms with van der Waals surface area (Å²) < 4.78 is 10.7. The number of hydrogen-bond acceptors (Lipinski definition) is 6. The van der Waals surface area contributed by atoms with Crippen LogP contribution in [0.25, 0.3) is 0 Å². The van der Waals surface area contributed by atoms with Crippen molar-refractivity contribution in [2.75, 3.05) is 26.1 Å². The Morgan fingerprint density at radius 2 is 2.07 bits per heavy atom. The molecule has 7 nitrogen and oxygen atoms in total. The lowest BCUT2D eigenvalue weighted by Gasteiger charge is -2.27. The van der Waals surface area contributed by atoms with Gasteiger partial charge in [-0.05, 0) is 25.0 Å². The number of anilines is 1. The highest BCUT2D eigenvalue weighted by Crippen LogP contribution is 2.35. The average molecular weight is 387 g/mol. The molecule has 0 bridgehead atoms. The molecule has 2 amide bonds. The molecule has 1 aliphatic heterocycles. The zero-order valence-electron chi connectivity index (χ0n) is 15.3. The zero-order valence-corrected chi connectivity index (χ0v) is 16.1. The van der Waals surface area contributed by atoms with Crippen molar-refractivity contribution in [3.05, 3.63) is 34.3 Å². The van der Waals surface area contributed by atoms with Gasteiger partial charge < -0.3 is 19.7 Å². The summed E-state index contributed by atoms with van der Waals surface area (Å²) >= 11 is 1.45. The molecule has 0 unspecified atom stereocenters. The van der Waals surface area contributed by atoms with Crippen molar-refractivity contribution in [3.63, 3.8) is 0 Å². The molecule has 0 atom stereocenters. The fourth-order valence-electron chi connectivity index (χ4n) is 3.20. The van der Waals surface area contributed by atoms with Crippen molar-refractivity contribution in [1.29, 1.82) is 0 Å². The van der Waals surface area contributed by atoms with Crippen molar-refractivity contribution in [2.24, 2.45) is 5.92 Å². The number of rotatable bonds is 5. The highest BCUT2D eigenvalue weighted by molar-refractivity contribution is 7.15. The molecular formula is C19H21N3O4S. The number of ether oxygens (including phenoxy) is 2. The first-order valence-electron chi connectivity index (χ1n) is 8.90. The van der Waals surface area contributed by atoms with Crippen LogP contribution in [-0.4, -0.2) is 42.5 Å². The quantitative estimate of drug-likeness (QED) is 0.853. The number of methoxy groups -OCH3 is 2. The summed E-state index contributed by atoms with van der Waals surface area (Å²) in [4.78, 5) is 32.3. The molecule has 1 aliphatic carbocycles. The van der Waals surface area contributed by atoms with E-state index in [0.717, 1.165) is 23.4 Å². The third kappa shape index (κ3) is 3.49. The predicted molar refractivity (Wildman–Crippen MR) is 101 cm³/mol. The number of fused-ring (bicyclic) bond motifs is 1. The lowest BCUT2D eigenvalue weighted by atomic mass is 10.1. The maximum atomic E-state index is 13.0. The van der Waals surface area contributed by atoms with Crippen LogP contribution in [-0.2, 0) is 17.8 Å². The van der Waals surface area contributed by atoms with E-state index in [1.165, 1.54) is 18.4 Å². The molecule has 2 aromatic rings. The number of aromatic nitrogens is 1. The number of amides is 2. The van der Waals surface area contributed by atoms with E-state index in [0.29, 0.717) is 41.7 Å². The molecule has 142 valence electrons. The van der Waals surface area contributed by atoms with Crippen molar-refractivity contribution in [2.45, 2.75) is 25.8 Å². The Kier molecular flexibility index (Phi) is 4.73. The second kappa shape index (κ2) is 7.19. The Hall–Kier alpha value is -2.61. The van der Waals surface area contributed by atoms with Crippen LogP contribution in [0.15, 0.2) is 18.2 Å². The molecule has 1 aromatic carbocycles. The molecule has 1 N–H and O–H groups in total. The van der Waals surface area contributed by atoms with Crippen molar-refractivity contribution in [1.82, 2.24) is 9.88 Å². The van der Waals surface area contributed by atoms with Crippen LogP contribution >= 0.6 is 11.3 Å². The first kappa shape index (κ1) is 17.8. The van der Waals surface area contributed by atoms with Gasteiger partial charge >= 0.3 is 0 Å². The zero-order chi connectivity index (χ0) is 19.0. The monoisotopic (exact) mass is 387 g/mol. The fraction of sp³-hybridized carbons (Fsp3) is 0.421. The Bertz CT molecular complexity index is 891. The summed E-state index contributed by atoms with van der Waals surface area (Å²) in [6, 6.07) is 5.29.